The monoisotopic (exact) mass is 240 g/mol. The van der Waals surface area contributed by atoms with Gasteiger partial charge in [0, 0.05) is 19.0 Å². The zero-order chi connectivity index (χ0) is 10.6. The first-order valence-corrected chi connectivity index (χ1v) is 7.41. The largest absolute Gasteiger partial charge is 0.391 e. The first-order chi connectivity index (χ1) is 6.55. The molecule has 0 radical (unpaired) electrons. The molecule has 4 nitrogen and oxygen atoms in total. The Balaban J connectivity index is 2.25. The van der Waals surface area contributed by atoms with Crippen molar-refractivity contribution < 1.29 is 18.3 Å². The summed E-state index contributed by atoms with van der Waals surface area (Å²) in [5.41, 5.74) is 0. The predicted octanol–water partition coefficient (Wildman–Crippen LogP) is -0.0860. The molecular formula is C8H16O4S2. The number of rotatable bonds is 5. The fourth-order valence-corrected chi connectivity index (χ4v) is 5.04. The Morgan fingerprint density at radius 2 is 2.21 bits per heavy atom. The van der Waals surface area contributed by atoms with Crippen LogP contribution in [-0.2, 0) is 14.6 Å². The Bertz CT molecular complexity index is 263. The van der Waals surface area contributed by atoms with Crippen molar-refractivity contribution in [3.63, 3.8) is 0 Å². The summed E-state index contributed by atoms with van der Waals surface area (Å²) in [7, 11) is -1.35. The fourth-order valence-electron chi connectivity index (χ4n) is 1.39. The number of ether oxygens (including phenoxy) is 1. The van der Waals surface area contributed by atoms with E-state index in [9.17, 15) is 13.5 Å². The average molecular weight is 240 g/mol. The summed E-state index contributed by atoms with van der Waals surface area (Å²) in [5.74, 6) is 0.881. The molecule has 2 atom stereocenters. The average Bonchev–Trinajstić information content (AvgIpc) is 2.34. The van der Waals surface area contributed by atoms with E-state index in [2.05, 4.69) is 0 Å². The quantitative estimate of drug-likeness (QED) is 0.681. The van der Waals surface area contributed by atoms with Crippen LogP contribution in [0.4, 0.5) is 0 Å². The van der Waals surface area contributed by atoms with Gasteiger partial charge in [-0.05, 0) is 12.2 Å². The first-order valence-electron chi connectivity index (χ1n) is 4.54. The van der Waals surface area contributed by atoms with Crippen molar-refractivity contribution in [1.82, 2.24) is 0 Å². The van der Waals surface area contributed by atoms with Gasteiger partial charge in [0.05, 0.1) is 17.6 Å². The number of thioether (sulfide) groups is 1. The summed E-state index contributed by atoms with van der Waals surface area (Å²) in [4.78, 5) is 0. The first kappa shape index (κ1) is 12.3. The summed E-state index contributed by atoms with van der Waals surface area (Å²) in [5, 5.41) is 9.31. The standard InChI is InChI=1S/C8H16O4S2/c1-12-3-2-4-13-8-6-14(10,11)5-7(8)9/h7-9H,2-6H2,1H3. The molecule has 1 saturated heterocycles. The lowest BCUT2D eigenvalue weighted by Gasteiger charge is -2.11. The van der Waals surface area contributed by atoms with E-state index in [0.717, 1.165) is 12.2 Å². The van der Waals surface area contributed by atoms with Crippen LogP contribution in [0.2, 0.25) is 0 Å². The van der Waals surface area contributed by atoms with E-state index in [1.807, 2.05) is 0 Å². The van der Waals surface area contributed by atoms with Gasteiger partial charge in [0.25, 0.3) is 0 Å². The fraction of sp³-hybridized carbons (Fsp3) is 1.00. The minimum Gasteiger partial charge on any atom is -0.391 e. The van der Waals surface area contributed by atoms with Crippen LogP contribution in [0, 0.1) is 0 Å². The van der Waals surface area contributed by atoms with Crippen molar-refractivity contribution in [2.45, 2.75) is 17.8 Å². The maximum Gasteiger partial charge on any atom is 0.154 e. The van der Waals surface area contributed by atoms with E-state index >= 15 is 0 Å². The Morgan fingerprint density at radius 3 is 2.71 bits per heavy atom. The maximum absolute atomic E-state index is 11.1. The van der Waals surface area contributed by atoms with Gasteiger partial charge in [-0.1, -0.05) is 0 Å². The van der Waals surface area contributed by atoms with Gasteiger partial charge < -0.3 is 9.84 Å². The highest BCUT2D eigenvalue weighted by Gasteiger charge is 2.36. The highest BCUT2D eigenvalue weighted by atomic mass is 32.2. The van der Waals surface area contributed by atoms with Gasteiger partial charge in [0.2, 0.25) is 0 Å². The number of methoxy groups -OCH3 is 1. The van der Waals surface area contributed by atoms with Gasteiger partial charge >= 0.3 is 0 Å². The van der Waals surface area contributed by atoms with Crippen LogP contribution < -0.4 is 0 Å². The molecule has 0 spiro atoms. The Labute approximate surface area is 88.9 Å². The zero-order valence-electron chi connectivity index (χ0n) is 8.18. The van der Waals surface area contributed by atoms with E-state index < -0.39 is 15.9 Å². The molecule has 2 unspecified atom stereocenters. The number of hydrogen-bond donors (Lipinski definition) is 1. The summed E-state index contributed by atoms with van der Waals surface area (Å²) in [6, 6.07) is 0. The van der Waals surface area contributed by atoms with Gasteiger partial charge in [0.15, 0.2) is 9.84 Å². The second-order valence-corrected chi connectivity index (χ2v) is 6.90. The zero-order valence-corrected chi connectivity index (χ0v) is 9.81. The van der Waals surface area contributed by atoms with Crippen molar-refractivity contribution in [1.29, 1.82) is 0 Å². The lowest BCUT2D eigenvalue weighted by Crippen LogP contribution is -2.20. The Morgan fingerprint density at radius 1 is 1.50 bits per heavy atom. The van der Waals surface area contributed by atoms with Crippen LogP contribution in [0.3, 0.4) is 0 Å². The van der Waals surface area contributed by atoms with Gasteiger partial charge in [-0.15, -0.1) is 0 Å². The molecule has 0 aromatic heterocycles. The molecule has 84 valence electrons. The van der Waals surface area contributed by atoms with Crippen molar-refractivity contribution in [3.8, 4) is 0 Å². The minimum atomic E-state index is -2.99. The van der Waals surface area contributed by atoms with E-state index in [1.165, 1.54) is 11.8 Å². The van der Waals surface area contributed by atoms with Crippen LogP contribution in [0.25, 0.3) is 0 Å². The second-order valence-electron chi connectivity index (χ2n) is 3.40. The molecule has 0 aromatic carbocycles. The van der Waals surface area contributed by atoms with Gasteiger partial charge in [-0.3, -0.25) is 0 Å². The lowest BCUT2D eigenvalue weighted by atomic mass is 10.3. The van der Waals surface area contributed by atoms with E-state index in [4.69, 9.17) is 4.74 Å². The molecule has 1 fully saturated rings. The third-order valence-electron chi connectivity index (χ3n) is 2.10. The third-order valence-corrected chi connectivity index (χ3v) is 5.46. The highest BCUT2D eigenvalue weighted by molar-refractivity contribution is 8.01. The smallest absolute Gasteiger partial charge is 0.154 e. The highest BCUT2D eigenvalue weighted by Crippen LogP contribution is 2.25. The molecule has 14 heavy (non-hydrogen) atoms. The Hall–Kier alpha value is 0.220. The number of hydrogen-bond acceptors (Lipinski definition) is 5. The molecule has 1 N–H and O–H groups in total. The van der Waals surface area contributed by atoms with Crippen LogP contribution >= 0.6 is 11.8 Å². The molecule has 0 saturated carbocycles. The molecular weight excluding hydrogens is 224 g/mol. The normalized spacial score (nSPS) is 30.7. The summed E-state index contributed by atoms with van der Waals surface area (Å²) in [6.45, 7) is 0.683. The van der Waals surface area contributed by atoms with Gasteiger partial charge in [0.1, 0.15) is 0 Å². The molecule has 0 aliphatic carbocycles. The molecule has 1 heterocycles. The summed E-state index contributed by atoms with van der Waals surface area (Å²) in [6.07, 6.45) is 0.206. The Kier molecular flexibility index (Phi) is 4.69. The third kappa shape index (κ3) is 3.76. The summed E-state index contributed by atoms with van der Waals surface area (Å²) >= 11 is 1.53. The van der Waals surface area contributed by atoms with Crippen LogP contribution in [-0.4, -0.2) is 55.9 Å². The molecule has 0 aromatic rings. The van der Waals surface area contributed by atoms with Crippen molar-refractivity contribution in [2.24, 2.45) is 0 Å². The number of aliphatic hydroxyl groups excluding tert-OH is 1. The van der Waals surface area contributed by atoms with E-state index in [-0.39, 0.29) is 16.8 Å². The summed E-state index contributed by atoms with van der Waals surface area (Å²) < 4.78 is 27.2. The molecule has 1 aliphatic rings. The van der Waals surface area contributed by atoms with Crippen molar-refractivity contribution >= 4 is 21.6 Å². The number of aliphatic hydroxyl groups is 1. The van der Waals surface area contributed by atoms with Gasteiger partial charge in [-0.25, -0.2) is 8.42 Å². The van der Waals surface area contributed by atoms with Crippen molar-refractivity contribution in [2.75, 3.05) is 31.0 Å². The molecule has 0 bridgehead atoms. The molecule has 6 heteroatoms. The van der Waals surface area contributed by atoms with Gasteiger partial charge in [-0.2, -0.15) is 11.8 Å². The maximum atomic E-state index is 11.1. The minimum absolute atomic E-state index is 0.0745. The molecule has 1 rings (SSSR count). The molecule has 0 amide bonds. The van der Waals surface area contributed by atoms with E-state index in [0.29, 0.717) is 6.61 Å². The number of sulfone groups is 1. The predicted molar refractivity (Wildman–Crippen MR) is 57.4 cm³/mol. The lowest BCUT2D eigenvalue weighted by molar-refractivity contribution is 0.199. The van der Waals surface area contributed by atoms with Crippen molar-refractivity contribution in [3.05, 3.63) is 0 Å². The second kappa shape index (κ2) is 5.34. The molecule has 1 aliphatic heterocycles. The SMILES string of the molecule is COCCCSC1CS(=O)(=O)CC1O. The van der Waals surface area contributed by atoms with E-state index in [1.54, 1.807) is 7.11 Å². The van der Waals surface area contributed by atoms with Crippen LogP contribution in [0.1, 0.15) is 6.42 Å². The van der Waals surface area contributed by atoms with Crippen LogP contribution in [0.5, 0.6) is 0 Å². The van der Waals surface area contributed by atoms with Crippen LogP contribution in [0.15, 0.2) is 0 Å². The topological polar surface area (TPSA) is 63.6 Å².